The molecule has 0 radical (unpaired) electrons. The van der Waals surface area contributed by atoms with Gasteiger partial charge in [-0.3, -0.25) is 0 Å². The first-order valence-corrected chi connectivity index (χ1v) is 4.08. The van der Waals surface area contributed by atoms with Crippen molar-refractivity contribution in [2.75, 3.05) is 7.11 Å². The largest absolute Gasteiger partial charge is 0.399 e. The van der Waals surface area contributed by atoms with Crippen LogP contribution in [0.2, 0.25) is 0 Å². The van der Waals surface area contributed by atoms with Gasteiger partial charge < -0.3 is 4.84 Å². The maximum Gasteiger partial charge on any atom is 0.106 e. The molecule has 0 aromatic heterocycles. The molecule has 0 spiro atoms. The lowest BCUT2D eigenvalue weighted by molar-refractivity contribution is 0.214. The third-order valence-corrected chi connectivity index (χ3v) is 1.37. The quantitative estimate of drug-likeness (QED) is 0.250. The number of allylic oxidation sites excluding steroid dienone is 2. The fourth-order valence-corrected chi connectivity index (χ4v) is 0.792. The van der Waals surface area contributed by atoms with Gasteiger partial charge in [-0.25, -0.2) is 0 Å². The van der Waals surface area contributed by atoms with Crippen LogP contribution in [0, 0.1) is 0 Å². The van der Waals surface area contributed by atoms with Crippen molar-refractivity contribution in [2.24, 2.45) is 5.16 Å². The number of hydrogen-bond donors (Lipinski definition) is 0. The summed E-state index contributed by atoms with van der Waals surface area (Å²) < 4.78 is 0. The molecule has 2 nitrogen and oxygen atoms in total. The van der Waals surface area contributed by atoms with E-state index in [0.29, 0.717) is 0 Å². The minimum atomic E-state index is 1.02. The van der Waals surface area contributed by atoms with Gasteiger partial charge in [0.15, 0.2) is 0 Å². The molecular weight excluding hydrogens is 138 g/mol. The summed E-state index contributed by atoms with van der Waals surface area (Å²) in [6.45, 7) is 2.05. The molecule has 0 aliphatic heterocycles. The summed E-state index contributed by atoms with van der Waals surface area (Å²) >= 11 is 0. The van der Waals surface area contributed by atoms with E-state index in [4.69, 9.17) is 0 Å². The minimum absolute atomic E-state index is 1.02. The first-order chi connectivity index (χ1) is 5.41. The van der Waals surface area contributed by atoms with Crippen molar-refractivity contribution in [2.45, 2.75) is 32.6 Å². The topological polar surface area (TPSA) is 21.6 Å². The highest BCUT2D eigenvalue weighted by Gasteiger charge is 1.82. The summed E-state index contributed by atoms with van der Waals surface area (Å²) in [4.78, 5) is 4.52. The van der Waals surface area contributed by atoms with E-state index in [1.165, 1.54) is 19.3 Å². The summed E-state index contributed by atoms with van der Waals surface area (Å²) in [6, 6.07) is 0. The highest BCUT2D eigenvalue weighted by Crippen LogP contribution is 1.98. The van der Waals surface area contributed by atoms with Crippen LogP contribution in [-0.4, -0.2) is 13.3 Å². The van der Waals surface area contributed by atoms with Crippen LogP contribution in [0.1, 0.15) is 32.6 Å². The van der Waals surface area contributed by atoms with Crippen molar-refractivity contribution in [1.29, 1.82) is 0 Å². The SMILES string of the molecule is CC=CCCCCC=NOC. The third kappa shape index (κ3) is 9.21. The Bertz CT molecular complexity index is 119. The normalized spacial score (nSPS) is 11.5. The molecule has 0 heterocycles. The molecule has 0 aliphatic carbocycles. The van der Waals surface area contributed by atoms with Gasteiger partial charge in [-0.2, -0.15) is 0 Å². The van der Waals surface area contributed by atoms with Crippen molar-refractivity contribution in [3.8, 4) is 0 Å². The Hall–Kier alpha value is -0.790. The Morgan fingerprint density at radius 2 is 2.00 bits per heavy atom. The van der Waals surface area contributed by atoms with Crippen molar-refractivity contribution in [3.05, 3.63) is 12.2 Å². The summed E-state index contributed by atoms with van der Waals surface area (Å²) in [7, 11) is 1.57. The molecule has 0 saturated carbocycles. The Labute approximate surface area is 68.9 Å². The summed E-state index contributed by atoms with van der Waals surface area (Å²) in [5.41, 5.74) is 0. The second kappa shape index (κ2) is 9.21. The van der Waals surface area contributed by atoms with Crippen molar-refractivity contribution >= 4 is 6.21 Å². The van der Waals surface area contributed by atoms with E-state index in [2.05, 4.69) is 22.1 Å². The Morgan fingerprint density at radius 3 is 2.64 bits per heavy atom. The zero-order valence-corrected chi connectivity index (χ0v) is 7.42. The number of unbranched alkanes of at least 4 members (excludes halogenated alkanes) is 3. The molecule has 0 amide bonds. The number of hydrogen-bond acceptors (Lipinski definition) is 2. The summed E-state index contributed by atoms with van der Waals surface area (Å²) in [6.07, 6.45) is 10.7. The molecule has 0 fully saturated rings. The van der Waals surface area contributed by atoms with Gasteiger partial charge in [0, 0.05) is 6.21 Å². The van der Waals surface area contributed by atoms with Crippen LogP contribution in [0.4, 0.5) is 0 Å². The van der Waals surface area contributed by atoms with Gasteiger partial charge in [0.2, 0.25) is 0 Å². The molecule has 0 atom stereocenters. The predicted molar refractivity (Wildman–Crippen MR) is 48.8 cm³/mol. The fourth-order valence-electron chi connectivity index (χ4n) is 0.792. The van der Waals surface area contributed by atoms with E-state index < -0.39 is 0 Å². The lowest BCUT2D eigenvalue weighted by Crippen LogP contribution is -1.78. The highest BCUT2D eigenvalue weighted by molar-refractivity contribution is 5.55. The second-order valence-corrected chi connectivity index (χ2v) is 2.32. The van der Waals surface area contributed by atoms with E-state index >= 15 is 0 Å². The molecule has 11 heavy (non-hydrogen) atoms. The van der Waals surface area contributed by atoms with Gasteiger partial charge in [-0.05, 0) is 32.6 Å². The van der Waals surface area contributed by atoms with Crippen molar-refractivity contribution in [1.82, 2.24) is 0 Å². The van der Waals surface area contributed by atoms with Crippen molar-refractivity contribution < 1.29 is 4.84 Å². The van der Waals surface area contributed by atoms with Gasteiger partial charge >= 0.3 is 0 Å². The van der Waals surface area contributed by atoms with Crippen LogP contribution >= 0.6 is 0 Å². The predicted octanol–water partition coefficient (Wildman–Crippen LogP) is 2.76. The highest BCUT2D eigenvalue weighted by atomic mass is 16.6. The zero-order valence-electron chi connectivity index (χ0n) is 7.42. The molecule has 0 bridgehead atoms. The summed E-state index contributed by atoms with van der Waals surface area (Å²) in [5.74, 6) is 0. The maximum absolute atomic E-state index is 4.52. The molecule has 0 aromatic carbocycles. The third-order valence-electron chi connectivity index (χ3n) is 1.37. The number of nitrogens with zero attached hydrogens (tertiary/aromatic N) is 1. The monoisotopic (exact) mass is 155 g/mol. The molecule has 64 valence electrons. The smallest absolute Gasteiger partial charge is 0.106 e. The lowest BCUT2D eigenvalue weighted by Gasteiger charge is -1.91. The average molecular weight is 155 g/mol. The number of rotatable bonds is 6. The van der Waals surface area contributed by atoms with Gasteiger partial charge in [0.25, 0.3) is 0 Å². The first kappa shape index (κ1) is 10.2. The van der Waals surface area contributed by atoms with Crippen LogP contribution in [0.25, 0.3) is 0 Å². The average Bonchev–Trinajstić information content (AvgIpc) is 2.03. The number of oxime groups is 1. The maximum atomic E-state index is 4.52. The van der Waals surface area contributed by atoms with E-state index in [0.717, 1.165) is 6.42 Å². The Balaban J connectivity index is 2.96. The zero-order chi connectivity index (χ0) is 8.36. The molecular formula is C9H17NO. The Kier molecular flexibility index (Phi) is 8.55. The molecule has 0 N–H and O–H groups in total. The van der Waals surface area contributed by atoms with E-state index in [1.54, 1.807) is 7.11 Å². The fraction of sp³-hybridized carbons (Fsp3) is 0.667. The van der Waals surface area contributed by atoms with Crippen LogP contribution in [0.5, 0.6) is 0 Å². The summed E-state index contributed by atoms with van der Waals surface area (Å²) in [5, 5.41) is 3.65. The standard InChI is InChI=1S/C9H17NO/c1-3-4-5-6-7-8-9-10-11-2/h3-4,9H,5-8H2,1-2H3. The first-order valence-electron chi connectivity index (χ1n) is 4.08. The van der Waals surface area contributed by atoms with E-state index in [9.17, 15) is 0 Å². The van der Waals surface area contributed by atoms with Crippen molar-refractivity contribution in [3.63, 3.8) is 0 Å². The lowest BCUT2D eigenvalue weighted by atomic mass is 10.2. The minimum Gasteiger partial charge on any atom is -0.399 e. The van der Waals surface area contributed by atoms with Crippen LogP contribution < -0.4 is 0 Å². The Morgan fingerprint density at radius 1 is 1.27 bits per heavy atom. The van der Waals surface area contributed by atoms with Gasteiger partial charge in [0.1, 0.15) is 7.11 Å². The van der Waals surface area contributed by atoms with Crippen LogP contribution in [-0.2, 0) is 4.84 Å². The van der Waals surface area contributed by atoms with E-state index in [-0.39, 0.29) is 0 Å². The molecule has 0 aliphatic rings. The molecule has 0 aromatic rings. The molecule has 0 unspecified atom stereocenters. The molecule has 0 saturated heterocycles. The van der Waals surface area contributed by atoms with Gasteiger partial charge in [-0.15, -0.1) is 0 Å². The van der Waals surface area contributed by atoms with Crippen LogP contribution in [0.3, 0.4) is 0 Å². The van der Waals surface area contributed by atoms with E-state index in [1.807, 2.05) is 13.1 Å². The van der Waals surface area contributed by atoms with Crippen LogP contribution in [0.15, 0.2) is 17.3 Å². The van der Waals surface area contributed by atoms with Gasteiger partial charge in [-0.1, -0.05) is 17.3 Å². The molecule has 0 rings (SSSR count). The molecule has 2 heteroatoms. The van der Waals surface area contributed by atoms with Gasteiger partial charge in [0.05, 0.1) is 0 Å². The second-order valence-electron chi connectivity index (χ2n) is 2.32.